The highest BCUT2D eigenvalue weighted by molar-refractivity contribution is 5.83. The molecular weight excluding hydrogens is 512 g/mol. The molecule has 1 aromatic heterocycles. The van der Waals surface area contributed by atoms with Gasteiger partial charge in [-0.05, 0) is 25.5 Å². The predicted molar refractivity (Wildman–Crippen MR) is 135 cm³/mol. The van der Waals surface area contributed by atoms with E-state index in [0.717, 1.165) is 10.6 Å². The zero-order valence-corrected chi connectivity index (χ0v) is 21.7. The molecule has 2 aliphatic rings. The number of aliphatic hydroxyl groups excluding tert-OH is 4. The van der Waals surface area contributed by atoms with Crippen molar-refractivity contribution in [3.8, 4) is 0 Å². The Hall–Kier alpha value is -3.01. The van der Waals surface area contributed by atoms with E-state index in [2.05, 4.69) is 16.9 Å². The molecule has 2 saturated heterocycles. The summed E-state index contributed by atoms with van der Waals surface area (Å²) < 4.78 is 18.2. The van der Waals surface area contributed by atoms with Crippen molar-refractivity contribution in [2.75, 3.05) is 6.61 Å². The Morgan fingerprint density at radius 3 is 2.56 bits per heavy atom. The molecule has 1 amide bonds. The predicted octanol–water partition coefficient (Wildman–Crippen LogP) is -0.0372. The molecule has 4 N–H and O–H groups in total. The summed E-state index contributed by atoms with van der Waals surface area (Å²) >= 11 is 0. The van der Waals surface area contributed by atoms with Gasteiger partial charge in [0.05, 0.1) is 30.9 Å². The van der Waals surface area contributed by atoms with Crippen LogP contribution in [-0.4, -0.2) is 96.0 Å². The summed E-state index contributed by atoms with van der Waals surface area (Å²) in [6.45, 7) is 6.42. The number of ether oxygens (including phenoxy) is 3. The molecule has 7 atom stereocenters. The van der Waals surface area contributed by atoms with Crippen molar-refractivity contribution in [1.29, 1.82) is 0 Å². The maximum absolute atomic E-state index is 13.4. The Balaban J connectivity index is 1.34. The number of aliphatic hydroxyl groups is 4. The first kappa shape index (κ1) is 29.0. The Bertz CT molecular complexity index is 1140. The number of benzene rings is 1. The summed E-state index contributed by atoms with van der Waals surface area (Å²) in [6, 6.07) is 9.69. The quantitative estimate of drug-likeness (QED) is 0.295. The van der Waals surface area contributed by atoms with Gasteiger partial charge >= 0.3 is 0 Å². The van der Waals surface area contributed by atoms with Crippen molar-refractivity contribution in [2.24, 2.45) is 5.41 Å². The summed E-state index contributed by atoms with van der Waals surface area (Å²) in [5.74, 6) is -0.298. The van der Waals surface area contributed by atoms with Crippen LogP contribution < -0.4 is 0 Å². The molecule has 7 unspecified atom stereocenters. The van der Waals surface area contributed by atoms with Crippen LogP contribution >= 0.6 is 0 Å². The molecular formula is C26H34N4O9. The molecule has 0 spiro atoms. The largest absolute Gasteiger partial charge is 0.394 e. The number of nitrogens with zero attached hydrogens (tertiary/aromatic N) is 4. The van der Waals surface area contributed by atoms with Gasteiger partial charge in [0.15, 0.2) is 19.2 Å². The minimum Gasteiger partial charge on any atom is -0.394 e. The van der Waals surface area contributed by atoms with Crippen LogP contribution in [0, 0.1) is 5.41 Å². The molecule has 13 nitrogen and oxygen atoms in total. The van der Waals surface area contributed by atoms with Crippen LogP contribution in [0.5, 0.6) is 0 Å². The van der Waals surface area contributed by atoms with Gasteiger partial charge in [-0.1, -0.05) is 54.3 Å². The Kier molecular flexibility index (Phi) is 9.25. The van der Waals surface area contributed by atoms with Gasteiger partial charge in [-0.15, -0.1) is 5.10 Å². The van der Waals surface area contributed by atoms with Crippen LogP contribution in [-0.2, 0) is 37.2 Å². The molecule has 13 heteroatoms. The molecule has 1 aromatic carbocycles. The smallest absolute Gasteiger partial charge is 0.257 e. The van der Waals surface area contributed by atoms with Crippen LogP contribution in [0.4, 0.5) is 0 Å². The first-order chi connectivity index (χ1) is 18.6. The number of hydrogen-bond donors (Lipinski definition) is 4. The van der Waals surface area contributed by atoms with Crippen LogP contribution in [0.3, 0.4) is 0 Å². The fraction of sp³-hybridized carbons (Fsp3) is 0.500. The van der Waals surface area contributed by atoms with Crippen molar-refractivity contribution < 1.29 is 44.3 Å². The van der Waals surface area contributed by atoms with E-state index < -0.39 is 55.1 Å². The number of carbonyl (C=O) groups is 1. The highest BCUT2D eigenvalue weighted by Crippen LogP contribution is 2.35. The normalized spacial score (nSPS) is 31.1. The van der Waals surface area contributed by atoms with Crippen molar-refractivity contribution in [2.45, 2.75) is 70.2 Å². The topological polar surface area (TPSA) is 169 Å². The second-order valence-corrected chi connectivity index (χ2v) is 9.82. The average molecular weight is 547 g/mol. The zero-order chi connectivity index (χ0) is 28.2. The maximum Gasteiger partial charge on any atom is 0.257 e. The summed E-state index contributed by atoms with van der Waals surface area (Å²) in [5, 5.41) is 48.2. The minimum absolute atomic E-state index is 0.161. The Labute approximate surface area is 225 Å². The van der Waals surface area contributed by atoms with Gasteiger partial charge in [-0.2, -0.15) is 5.06 Å². The molecule has 2 fully saturated rings. The van der Waals surface area contributed by atoms with Gasteiger partial charge in [-0.3, -0.25) is 4.79 Å². The number of hydroxylamine groups is 2. The fourth-order valence-electron chi connectivity index (χ4n) is 4.19. The van der Waals surface area contributed by atoms with Crippen LogP contribution in [0.25, 0.3) is 6.08 Å². The molecule has 0 bridgehead atoms. The second-order valence-electron chi connectivity index (χ2n) is 9.82. The van der Waals surface area contributed by atoms with Gasteiger partial charge in [0.2, 0.25) is 0 Å². The fourth-order valence-corrected chi connectivity index (χ4v) is 4.19. The molecule has 2 aromatic rings. The lowest BCUT2D eigenvalue weighted by Gasteiger charge is -2.44. The van der Waals surface area contributed by atoms with Gasteiger partial charge in [0.25, 0.3) is 5.91 Å². The van der Waals surface area contributed by atoms with E-state index in [-0.39, 0.29) is 19.2 Å². The highest BCUT2D eigenvalue weighted by Gasteiger charge is 2.48. The number of aromatic nitrogens is 3. The lowest BCUT2D eigenvalue weighted by molar-refractivity contribution is -0.304. The zero-order valence-electron chi connectivity index (χ0n) is 21.7. The van der Waals surface area contributed by atoms with E-state index in [1.165, 1.54) is 17.0 Å². The van der Waals surface area contributed by atoms with Crippen LogP contribution in [0.1, 0.15) is 25.1 Å². The Morgan fingerprint density at radius 2 is 1.87 bits per heavy atom. The van der Waals surface area contributed by atoms with Crippen LogP contribution in [0.2, 0.25) is 0 Å². The number of amides is 1. The van der Waals surface area contributed by atoms with E-state index in [1.807, 2.05) is 42.5 Å². The molecule has 2 aliphatic heterocycles. The number of hydrogen-bond acceptors (Lipinski definition) is 11. The van der Waals surface area contributed by atoms with Gasteiger partial charge in [0, 0.05) is 0 Å². The van der Waals surface area contributed by atoms with E-state index in [1.54, 1.807) is 13.8 Å². The maximum atomic E-state index is 13.4. The summed E-state index contributed by atoms with van der Waals surface area (Å²) in [4.78, 5) is 19.1. The minimum atomic E-state index is -1.55. The molecule has 4 rings (SSSR count). The molecule has 0 saturated carbocycles. The highest BCUT2D eigenvalue weighted by atomic mass is 16.7. The summed E-state index contributed by atoms with van der Waals surface area (Å²) in [7, 11) is 0. The third-order valence-corrected chi connectivity index (χ3v) is 6.60. The van der Waals surface area contributed by atoms with Gasteiger partial charge in [0.1, 0.15) is 30.1 Å². The van der Waals surface area contributed by atoms with Crippen molar-refractivity contribution in [3.05, 3.63) is 66.5 Å². The van der Waals surface area contributed by atoms with E-state index >= 15 is 0 Å². The van der Waals surface area contributed by atoms with Gasteiger partial charge in [-0.25, -0.2) is 9.52 Å². The SMILES string of the molecule is C=CC1OC(/C=C/c2ccccc2)C(C)(C)C(=O)N1OCn1cc(COC2OC(CO)C(O)C(O)C2O)nn1. The van der Waals surface area contributed by atoms with E-state index in [4.69, 9.17) is 19.0 Å². The van der Waals surface area contributed by atoms with E-state index in [9.17, 15) is 25.2 Å². The summed E-state index contributed by atoms with van der Waals surface area (Å²) in [6.07, 6.45) is -1.60. The lowest BCUT2D eigenvalue weighted by atomic mass is 9.83. The average Bonchev–Trinajstić information content (AvgIpc) is 3.40. The molecule has 212 valence electrons. The van der Waals surface area contributed by atoms with E-state index in [0.29, 0.717) is 5.69 Å². The number of carbonyl (C=O) groups excluding carboxylic acids is 1. The van der Waals surface area contributed by atoms with Crippen LogP contribution in [0.15, 0.2) is 55.3 Å². The molecule has 0 radical (unpaired) electrons. The lowest BCUT2D eigenvalue weighted by Crippen LogP contribution is -2.59. The van der Waals surface area contributed by atoms with Crippen molar-refractivity contribution >= 4 is 12.0 Å². The number of rotatable bonds is 10. The first-order valence-electron chi connectivity index (χ1n) is 12.4. The summed E-state index contributed by atoms with van der Waals surface area (Å²) in [5.41, 5.74) is 0.386. The molecule has 0 aliphatic carbocycles. The standard InChI is InChI=1S/C26H34N4O9/c1-4-20-30(25(35)26(2,3)19(39-20)11-10-16-8-6-5-7-9-16)37-15-29-12-17(27-28-29)14-36-24-23(34)22(33)21(32)18(13-31)38-24/h4-12,18-24,31-34H,1,13-15H2,2-3H3/b11-10+. The van der Waals surface area contributed by atoms with Gasteiger partial charge < -0.3 is 34.6 Å². The van der Waals surface area contributed by atoms with Crippen molar-refractivity contribution in [1.82, 2.24) is 20.1 Å². The Morgan fingerprint density at radius 1 is 1.13 bits per heavy atom. The monoisotopic (exact) mass is 546 g/mol. The third-order valence-electron chi connectivity index (χ3n) is 6.60. The molecule has 39 heavy (non-hydrogen) atoms. The third kappa shape index (κ3) is 6.42. The van der Waals surface area contributed by atoms with Crippen molar-refractivity contribution in [3.63, 3.8) is 0 Å². The molecule has 3 heterocycles. The second kappa shape index (κ2) is 12.4. The first-order valence-corrected chi connectivity index (χ1v) is 12.4.